The first-order valence-corrected chi connectivity index (χ1v) is 15.7. The van der Waals surface area contributed by atoms with Crippen molar-refractivity contribution >= 4 is 22.8 Å². The minimum atomic E-state index is -1.01. The number of allylic oxidation sites excluding steroid dienone is 2. The monoisotopic (exact) mass is 620 g/mol. The maximum Gasteiger partial charge on any atom is 0.194 e. The first-order valence-electron chi connectivity index (χ1n) is 15.7. The van der Waals surface area contributed by atoms with Gasteiger partial charge in [-0.05, 0) is 81.6 Å². The van der Waals surface area contributed by atoms with E-state index in [1.165, 1.54) is 0 Å². The lowest BCUT2D eigenvalue weighted by Gasteiger charge is -2.33. The van der Waals surface area contributed by atoms with Gasteiger partial charge in [-0.3, -0.25) is 4.79 Å². The molecule has 0 aromatic heterocycles. The minimum Gasteiger partial charge on any atom is -0.386 e. The van der Waals surface area contributed by atoms with E-state index in [0.29, 0.717) is 63.2 Å². The van der Waals surface area contributed by atoms with Crippen LogP contribution in [-0.2, 0) is 12.8 Å². The van der Waals surface area contributed by atoms with Gasteiger partial charge in [0, 0.05) is 29.4 Å². The molecule has 7 rings (SSSR count). The molecule has 0 amide bonds. The molecule has 47 heavy (non-hydrogen) atoms. The van der Waals surface area contributed by atoms with Crippen LogP contribution in [0.5, 0.6) is 0 Å². The Morgan fingerprint density at radius 2 is 1.47 bits per heavy atom. The molecule has 0 spiro atoms. The second kappa shape index (κ2) is 12.2. The Morgan fingerprint density at radius 1 is 0.766 bits per heavy atom. The van der Waals surface area contributed by atoms with Crippen LogP contribution in [0.1, 0.15) is 84.3 Å². The molecule has 5 N–H and O–H groups in total. The number of rotatable bonds is 8. The third-order valence-electron chi connectivity index (χ3n) is 9.42. The van der Waals surface area contributed by atoms with E-state index in [4.69, 9.17) is 0 Å². The largest absolute Gasteiger partial charge is 0.386 e. The summed E-state index contributed by atoms with van der Waals surface area (Å²) in [4.78, 5) is 13.8. The summed E-state index contributed by atoms with van der Waals surface area (Å²) in [5.74, 6) is -0.145. The van der Waals surface area contributed by atoms with Crippen molar-refractivity contribution in [3.63, 3.8) is 0 Å². The molecule has 5 aromatic rings. The smallest absolute Gasteiger partial charge is 0.194 e. The lowest BCUT2D eigenvalue weighted by molar-refractivity contribution is 0.101. The second-order valence-electron chi connectivity index (χ2n) is 12.2. The summed E-state index contributed by atoms with van der Waals surface area (Å²) in [5.41, 5.74) is 10.2. The average Bonchev–Trinajstić information content (AvgIpc) is 3.09. The number of aliphatic hydroxyl groups excluding tert-OH is 3. The molecular formula is C41H36N2O4. The number of hydrogen-bond acceptors (Lipinski definition) is 6. The molecule has 0 radical (unpaired) electrons. The number of anilines is 3. The fraction of sp³-hybridized carbons (Fsp3) is 0.146. The molecule has 0 saturated carbocycles. The summed E-state index contributed by atoms with van der Waals surface area (Å²) in [6.07, 6.45) is -0.179. The number of hydrogen-bond donors (Lipinski definition) is 5. The Balaban J connectivity index is 1.27. The summed E-state index contributed by atoms with van der Waals surface area (Å²) in [7, 11) is 1.80. The number of nitrogens with one attached hydrogen (secondary N) is 2. The van der Waals surface area contributed by atoms with Crippen molar-refractivity contribution in [3.8, 4) is 0 Å². The van der Waals surface area contributed by atoms with E-state index < -0.39 is 18.3 Å². The Kier molecular flexibility index (Phi) is 7.86. The van der Waals surface area contributed by atoms with Crippen molar-refractivity contribution in [3.05, 3.63) is 183 Å². The molecule has 3 unspecified atom stereocenters. The van der Waals surface area contributed by atoms with E-state index in [-0.39, 0.29) is 5.78 Å². The van der Waals surface area contributed by atoms with Gasteiger partial charge in [0.05, 0.1) is 11.4 Å². The molecule has 2 aliphatic rings. The molecule has 0 saturated heterocycles. The highest BCUT2D eigenvalue weighted by Crippen LogP contribution is 2.49. The standard InChI is InChI=1S/C41H36N2O4/c1-4-23(2)20-25-12-8-14-29-34(25)39(45)28-17-16-27(22-32(28)38(29)44)43-37-33(42-3)19-18-31-36(37)41(47)30-15-9-13-26(35(30)40(31)46)21-24-10-6-5-7-11-24/h4-19,22,38,40-44,46-47H,1-2,20-21H2,3H3. The van der Waals surface area contributed by atoms with Crippen molar-refractivity contribution in [1.29, 1.82) is 0 Å². The van der Waals surface area contributed by atoms with E-state index in [0.717, 1.165) is 33.5 Å². The average molecular weight is 621 g/mol. The SMILES string of the molecule is C=CC(=C)Cc1cccc2c1C(=O)c1ccc(Nc3c(NC)ccc4c3C(O)c3cccc(Cc5ccccc5)c3C4O)cc1C2O. The molecule has 0 fully saturated rings. The van der Waals surface area contributed by atoms with E-state index >= 15 is 0 Å². The van der Waals surface area contributed by atoms with Crippen LogP contribution in [-0.4, -0.2) is 28.2 Å². The number of benzene rings is 5. The van der Waals surface area contributed by atoms with Crippen LogP contribution in [0.25, 0.3) is 0 Å². The summed E-state index contributed by atoms with van der Waals surface area (Å²) in [6, 6.07) is 30.5. The predicted molar refractivity (Wildman–Crippen MR) is 187 cm³/mol. The number of aliphatic hydroxyl groups is 3. The van der Waals surface area contributed by atoms with Gasteiger partial charge in [0.2, 0.25) is 0 Å². The normalized spacial score (nSPS) is 17.5. The van der Waals surface area contributed by atoms with Crippen LogP contribution in [0.15, 0.2) is 122 Å². The maximum atomic E-state index is 13.8. The Hall–Kier alpha value is -5.27. The maximum absolute atomic E-state index is 13.8. The highest BCUT2D eigenvalue weighted by Gasteiger charge is 2.36. The van der Waals surface area contributed by atoms with Crippen molar-refractivity contribution in [1.82, 2.24) is 0 Å². The molecule has 6 heteroatoms. The molecule has 0 heterocycles. The van der Waals surface area contributed by atoms with Crippen LogP contribution in [0.3, 0.4) is 0 Å². The van der Waals surface area contributed by atoms with Crippen LogP contribution < -0.4 is 10.6 Å². The predicted octanol–water partition coefficient (Wildman–Crippen LogP) is 7.45. The summed E-state index contributed by atoms with van der Waals surface area (Å²) in [6.45, 7) is 7.79. The van der Waals surface area contributed by atoms with Gasteiger partial charge in [0.1, 0.15) is 18.3 Å². The van der Waals surface area contributed by atoms with Crippen molar-refractivity contribution in [2.24, 2.45) is 0 Å². The molecule has 0 bridgehead atoms. The van der Waals surface area contributed by atoms with E-state index in [9.17, 15) is 20.1 Å². The number of carbonyl (C=O) groups is 1. The summed E-state index contributed by atoms with van der Waals surface area (Å²) in [5, 5.41) is 41.9. The molecule has 0 aliphatic heterocycles. The first-order chi connectivity index (χ1) is 22.8. The van der Waals surface area contributed by atoms with E-state index in [1.54, 1.807) is 37.4 Å². The highest BCUT2D eigenvalue weighted by atomic mass is 16.3. The second-order valence-corrected chi connectivity index (χ2v) is 12.2. The Labute approximate surface area is 274 Å². The fourth-order valence-electron chi connectivity index (χ4n) is 7.11. The van der Waals surface area contributed by atoms with Gasteiger partial charge in [0.15, 0.2) is 5.78 Å². The molecule has 5 aromatic carbocycles. The lowest BCUT2D eigenvalue weighted by Crippen LogP contribution is -2.22. The zero-order valence-electron chi connectivity index (χ0n) is 26.1. The topological polar surface area (TPSA) is 102 Å². The van der Waals surface area contributed by atoms with Crippen molar-refractivity contribution in [2.75, 3.05) is 17.7 Å². The van der Waals surface area contributed by atoms with Crippen LogP contribution >= 0.6 is 0 Å². The van der Waals surface area contributed by atoms with Crippen molar-refractivity contribution in [2.45, 2.75) is 31.2 Å². The molecule has 2 aliphatic carbocycles. The molecular weight excluding hydrogens is 584 g/mol. The van der Waals surface area contributed by atoms with Crippen LogP contribution in [0.4, 0.5) is 17.1 Å². The fourth-order valence-corrected chi connectivity index (χ4v) is 7.11. The molecule has 3 atom stereocenters. The first kappa shape index (κ1) is 30.4. The van der Waals surface area contributed by atoms with Crippen molar-refractivity contribution < 1.29 is 20.1 Å². The lowest BCUT2D eigenvalue weighted by atomic mass is 9.78. The zero-order valence-corrected chi connectivity index (χ0v) is 26.1. The zero-order chi connectivity index (χ0) is 32.8. The summed E-state index contributed by atoms with van der Waals surface area (Å²) >= 11 is 0. The van der Waals surface area contributed by atoms with Gasteiger partial charge in [-0.25, -0.2) is 0 Å². The number of carbonyl (C=O) groups excluding carboxylic acids is 1. The molecule has 234 valence electrons. The van der Waals surface area contributed by atoms with E-state index in [1.807, 2.05) is 60.7 Å². The van der Waals surface area contributed by atoms with Gasteiger partial charge < -0.3 is 26.0 Å². The Bertz CT molecular complexity index is 2070. The van der Waals surface area contributed by atoms with Gasteiger partial charge in [0.25, 0.3) is 0 Å². The highest BCUT2D eigenvalue weighted by molar-refractivity contribution is 6.14. The minimum absolute atomic E-state index is 0.145. The third kappa shape index (κ3) is 5.17. The summed E-state index contributed by atoms with van der Waals surface area (Å²) < 4.78 is 0. The van der Waals surface area contributed by atoms with E-state index in [2.05, 4.69) is 35.9 Å². The third-order valence-corrected chi connectivity index (χ3v) is 9.42. The number of fused-ring (bicyclic) bond motifs is 4. The Morgan fingerprint density at radius 3 is 2.21 bits per heavy atom. The quantitative estimate of drug-likeness (QED) is 0.116. The molecule has 6 nitrogen and oxygen atoms in total. The van der Waals surface area contributed by atoms with Gasteiger partial charge in [-0.15, -0.1) is 0 Å². The number of ketones is 1. The van der Waals surface area contributed by atoms with Crippen LogP contribution in [0.2, 0.25) is 0 Å². The van der Waals surface area contributed by atoms with Crippen LogP contribution in [0, 0.1) is 0 Å². The van der Waals surface area contributed by atoms with Gasteiger partial charge >= 0.3 is 0 Å². The van der Waals surface area contributed by atoms with Gasteiger partial charge in [-0.1, -0.05) is 97.6 Å². The van der Waals surface area contributed by atoms with Gasteiger partial charge in [-0.2, -0.15) is 0 Å².